The van der Waals surface area contributed by atoms with E-state index in [4.69, 9.17) is 14.2 Å². The Morgan fingerprint density at radius 3 is 2.26 bits per heavy atom. The van der Waals surface area contributed by atoms with Crippen LogP contribution in [-0.2, 0) is 20.8 Å². The molecule has 10 atom stereocenters. The highest BCUT2D eigenvalue weighted by Gasteiger charge is 2.46. The minimum atomic E-state index is -1.61. The molecule has 192 valence electrons. The smallest absolute Gasteiger partial charge is 0.192 e. The largest absolute Gasteiger partial charge is 0.394 e. The minimum Gasteiger partial charge on any atom is -0.394 e. The molecule has 0 radical (unpaired) electrons. The average molecular weight is 488 g/mol. The zero-order valence-corrected chi connectivity index (χ0v) is 18.6. The van der Waals surface area contributed by atoms with Gasteiger partial charge in [-0.1, -0.05) is 30.3 Å². The molecule has 2 saturated heterocycles. The second-order valence-electron chi connectivity index (χ2n) is 8.19. The number of methoxy groups -OCH3 is 1. The zero-order chi connectivity index (χ0) is 24.8. The van der Waals surface area contributed by atoms with Crippen molar-refractivity contribution in [1.29, 1.82) is 0 Å². The van der Waals surface area contributed by atoms with Crippen LogP contribution in [0.15, 0.2) is 35.3 Å². The lowest BCUT2D eigenvalue weighted by molar-refractivity contribution is -0.288. The van der Waals surface area contributed by atoms with Gasteiger partial charge in [0, 0.05) is 13.7 Å². The highest BCUT2D eigenvalue weighted by molar-refractivity contribution is 5.80. The van der Waals surface area contributed by atoms with Gasteiger partial charge in [-0.2, -0.15) is 0 Å². The average Bonchev–Trinajstić information content (AvgIpc) is 3.11. The molecule has 9 N–H and O–H groups in total. The normalized spacial score (nSPS) is 37.4. The van der Waals surface area contributed by atoms with Crippen LogP contribution in [0.5, 0.6) is 0 Å². The van der Waals surface area contributed by atoms with Crippen LogP contribution in [0, 0.1) is 0 Å². The number of hydrogen-bond acceptors (Lipinski definition) is 11. The number of nitrogens with one attached hydrogen (secondary N) is 2. The molecule has 13 heteroatoms. The molecule has 1 unspecified atom stereocenters. The van der Waals surface area contributed by atoms with Gasteiger partial charge in [0.05, 0.1) is 19.2 Å². The maximum Gasteiger partial charge on any atom is 0.192 e. The fraction of sp³-hybridized carbons (Fsp3) is 0.667. The molecule has 0 aliphatic carbocycles. The number of ether oxygens (including phenoxy) is 3. The van der Waals surface area contributed by atoms with Crippen molar-refractivity contribution in [3.05, 3.63) is 35.9 Å². The van der Waals surface area contributed by atoms with Crippen molar-refractivity contribution in [2.75, 3.05) is 20.3 Å². The lowest BCUT2D eigenvalue weighted by atomic mass is 9.99. The summed E-state index contributed by atoms with van der Waals surface area (Å²) >= 11 is 0. The summed E-state index contributed by atoms with van der Waals surface area (Å²) in [6.45, 7) is -0.390. The van der Waals surface area contributed by atoms with E-state index in [0.29, 0.717) is 0 Å². The number of aliphatic imine (C=N–C) groups is 1. The van der Waals surface area contributed by atoms with Crippen molar-refractivity contribution in [3.8, 4) is 0 Å². The topological polar surface area (TPSA) is 206 Å². The molecule has 2 fully saturated rings. The maximum absolute atomic E-state index is 10.3. The van der Waals surface area contributed by atoms with Gasteiger partial charge in [0.25, 0.3) is 0 Å². The number of rotatable bonds is 8. The number of aliphatic hydroxyl groups is 7. The molecule has 2 aliphatic heterocycles. The molecule has 3 rings (SSSR count). The van der Waals surface area contributed by atoms with Crippen molar-refractivity contribution < 1.29 is 50.0 Å². The summed E-state index contributed by atoms with van der Waals surface area (Å²) in [6.07, 6.45) is -12.3. The molecule has 13 nitrogen and oxygen atoms in total. The lowest BCUT2D eigenvalue weighted by Gasteiger charge is -2.40. The van der Waals surface area contributed by atoms with Crippen LogP contribution in [0.25, 0.3) is 0 Å². The molecule has 2 aliphatic rings. The molecule has 0 aromatic heterocycles. The van der Waals surface area contributed by atoms with Gasteiger partial charge in [-0.3, -0.25) is 0 Å². The van der Waals surface area contributed by atoms with Crippen LogP contribution in [0.1, 0.15) is 5.56 Å². The van der Waals surface area contributed by atoms with Gasteiger partial charge in [-0.15, -0.1) is 0 Å². The van der Waals surface area contributed by atoms with Gasteiger partial charge in [-0.25, -0.2) is 4.99 Å². The van der Waals surface area contributed by atoms with Gasteiger partial charge in [-0.05, 0) is 5.56 Å². The molecule has 1 aromatic rings. The Balaban J connectivity index is 1.73. The summed E-state index contributed by atoms with van der Waals surface area (Å²) in [5.74, 6) is 0.125. The first-order chi connectivity index (χ1) is 16.3. The SMILES string of the molecule is CO[C@H]1O[C@H](CNC(=NCc2ccccc2)N[C@@H](CO)[C@H]2OC(O)[C@H](O)[C@H]2O)[C@@H](O)[C@H](O)[C@H]1O. The first-order valence-electron chi connectivity index (χ1n) is 10.9. The van der Waals surface area contributed by atoms with Crippen molar-refractivity contribution in [2.24, 2.45) is 4.99 Å². The minimum absolute atomic E-state index is 0.0805. The Kier molecular flexibility index (Phi) is 9.56. The Hall–Kier alpha value is -1.91. The summed E-state index contributed by atoms with van der Waals surface area (Å²) in [6, 6.07) is 8.29. The van der Waals surface area contributed by atoms with E-state index in [2.05, 4.69) is 15.6 Å². The number of nitrogens with zero attached hydrogens (tertiary/aromatic N) is 1. The second kappa shape index (κ2) is 12.2. The quantitative estimate of drug-likeness (QED) is 0.127. The van der Waals surface area contributed by atoms with E-state index in [-0.39, 0.29) is 19.0 Å². The number of guanidine groups is 1. The fourth-order valence-corrected chi connectivity index (χ4v) is 3.81. The van der Waals surface area contributed by atoms with Gasteiger partial charge >= 0.3 is 0 Å². The van der Waals surface area contributed by atoms with Gasteiger partial charge in [0.15, 0.2) is 18.5 Å². The molecule has 0 saturated carbocycles. The van der Waals surface area contributed by atoms with Crippen LogP contribution in [-0.4, -0.2) is 123 Å². The number of aliphatic hydroxyl groups excluding tert-OH is 7. The van der Waals surface area contributed by atoms with Gasteiger partial charge < -0.3 is 60.6 Å². The monoisotopic (exact) mass is 487 g/mol. The third-order valence-corrected chi connectivity index (χ3v) is 5.82. The van der Waals surface area contributed by atoms with Gasteiger partial charge in [0.1, 0.15) is 42.7 Å². The third kappa shape index (κ3) is 6.20. The van der Waals surface area contributed by atoms with E-state index in [1.165, 1.54) is 7.11 Å². The molecule has 0 spiro atoms. The molecule has 0 amide bonds. The maximum atomic E-state index is 10.3. The van der Waals surface area contributed by atoms with Crippen LogP contribution >= 0.6 is 0 Å². The summed E-state index contributed by atoms with van der Waals surface area (Å²) < 4.78 is 15.7. The van der Waals surface area contributed by atoms with Crippen molar-refractivity contribution in [2.45, 2.75) is 67.9 Å². The Morgan fingerprint density at radius 1 is 0.971 bits per heavy atom. The van der Waals surface area contributed by atoms with E-state index in [1.807, 2.05) is 30.3 Å². The van der Waals surface area contributed by atoms with Crippen molar-refractivity contribution in [3.63, 3.8) is 0 Å². The lowest BCUT2D eigenvalue weighted by Crippen LogP contribution is -2.61. The molecule has 1 aromatic carbocycles. The predicted octanol–water partition coefficient (Wildman–Crippen LogP) is -4.02. The van der Waals surface area contributed by atoms with E-state index < -0.39 is 68.0 Å². The predicted molar refractivity (Wildman–Crippen MR) is 116 cm³/mol. The third-order valence-electron chi connectivity index (χ3n) is 5.82. The van der Waals surface area contributed by atoms with Crippen molar-refractivity contribution in [1.82, 2.24) is 10.6 Å². The van der Waals surface area contributed by atoms with E-state index in [9.17, 15) is 35.7 Å². The van der Waals surface area contributed by atoms with E-state index >= 15 is 0 Å². The molecular weight excluding hydrogens is 454 g/mol. The Morgan fingerprint density at radius 2 is 1.68 bits per heavy atom. The highest BCUT2D eigenvalue weighted by Crippen LogP contribution is 2.23. The summed E-state index contributed by atoms with van der Waals surface area (Å²) in [4.78, 5) is 4.44. The van der Waals surface area contributed by atoms with Crippen LogP contribution in [0.2, 0.25) is 0 Å². The first kappa shape index (κ1) is 26.7. The number of benzene rings is 1. The Bertz CT molecular complexity index is 785. The van der Waals surface area contributed by atoms with Crippen molar-refractivity contribution >= 4 is 5.96 Å². The fourth-order valence-electron chi connectivity index (χ4n) is 3.81. The standard InChI is InChI=1S/C21H33N3O10/c1-32-20-17(30)14(27)13(26)12(33-20)8-23-21(22-7-10-5-3-2-4-6-10)24-11(9-25)18-15(28)16(29)19(31)34-18/h2-6,11-20,25-31H,7-9H2,1H3,(H2,22,23,24)/t11-,12+,13+,14-,15+,16+,17+,18+,19?,20-/m0/s1. The van der Waals surface area contributed by atoms with Gasteiger partial charge in [0.2, 0.25) is 0 Å². The summed E-state index contributed by atoms with van der Waals surface area (Å²) in [7, 11) is 1.29. The molecule has 34 heavy (non-hydrogen) atoms. The molecule has 2 heterocycles. The van der Waals surface area contributed by atoms with E-state index in [1.54, 1.807) is 0 Å². The Labute approximate surface area is 196 Å². The highest BCUT2D eigenvalue weighted by atomic mass is 16.7. The zero-order valence-electron chi connectivity index (χ0n) is 18.6. The summed E-state index contributed by atoms with van der Waals surface area (Å²) in [5.41, 5.74) is 0.874. The van der Waals surface area contributed by atoms with E-state index in [0.717, 1.165) is 5.56 Å². The van der Waals surface area contributed by atoms with Crippen LogP contribution in [0.3, 0.4) is 0 Å². The first-order valence-corrected chi connectivity index (χ1v) is 10.9. The van der Waals surface area contributed by atoms with Crippen LogP contribution in [0.4, 0.5) is 0 Å². The second-order valence-corrected chi connectivity index (χ2v) is 8.19. The summed E-state index contributed by atoms with van der Waals surface area (Å²) in [5, 5.41) is 75.6. The number of hydrogen-bond donors (Lipinski definition) is 9. The van der Waals surface area contributed by atoms with Crippen LogP contribution < -0.4 is 10.6 Å². The molecule has 0 bridgehead atoms. The molecular formula is C21H33N3O10.